The van der Waals surface area contributed by atoms with Crippen molar-refractivity contribution < 1.29 is 58.2 Å². The van der Waals surface area contributed by atoms with Gasteiger partial charge in [0.25, 0.3) is 0 Å². The first-order valence-electron chi connectivity index (χ1n) is 1.94. The number of hydrogen-bond donors (Lipinski definition) is 0. The van der Waals surface area contributed by atoms with Gasteiger partial charge < -0.3 is 12.6 Å². The fraction of sp³-hybridized carbons (Fsp3) is 0. The van der Waals surface area contributed by atoms with Gasteiger partial charge in [-0.1, -0.05) is 11.6 Å². The molecule has 1 aromatic heterocycles. The molecule has 0 saturated carbocycles. The van der Waals surface area contributed by atoms with Gasteiger partial charge in [-0.2, -0.15) is 0 Å². The maximum absolute atomic E-state index is 5.43. The maximum atomic E-state index is 5.43. The van der Waals surface area contributed by atoms with E-state index in [0.29, 0.717) is 5.15 Å². The fourth-order valence-corrected chi connectivity index (χ4v) is 0.666. The third-order valence-electron chi connectivity index (χ3n) is 0.599. The number of aromatic nitrogens is 2. The van der Waals surface area contributed by atoms with Crippen molar-refractivity contribution in [2.75, 3.05) is 0 Å². The smallest absolute Gasteiger partial charge is 0.740 e. The van der Waals surface area contributed by atoms with Gasteiger partial charge in [-0.15, -0.1) is 0 Å². The Balaban J connectivity index is 0.000000640. The van der Waals surface area contributed by atoms with E-state index in [9.17, 15) is 0 Å². The molecule has 0 amide bonds. The monoisotopic (exact) mass is 230 g/mol. The van der Waals surface area contributed by atoms with E-state index in [2.05, 4.69) is 22.6 Å². The summed E-state index contributed by atoms with van der Waals surface area (Å²) in [5, 5.41) is 0.683. The van der Waals surface area contributed by atoms with E-state index in [1.807, 2.05) is 0 Å². The van der Waals surface area contributed by atoms with E-state index >= 15 is 0 Å². The Kier molecular flexibility index (Phi) is 5.89. The summed E-state index contributed by atoms with van der Waals surface area (Å²) < 4.78 is 0. The van der Waals surface area contributed by atoms with E-state index in [4.69, 9.17) is 11.6 Å². The number of rotatable bonds is 0. The summed E-state index contributed by atoms with van der Waals surface area (Å²) in [6.07, 6.45) is 1.53. The number of halogens is 1. The van der Waals surface area contributed by atoms with Crippen LogP contribution in [0.4, 0.5) is 0 Å². The minimum Gasteiger partial charge on any atom is -0.740 e. The molecule has 0 aliphatic carbocycles. The zero-order valence-corrected chi connectivity index (χ0v) is 11.3. The van der Waals surface area contributed by atoms with Crippen LogP contribution >= 0.6 is 11.6 Å². The van der Waals surface area contributed by atoms with Crippen LogP contribution < -0.4 is 58.2 Å². The largest absolute Gasteiger partial charge is 1.00 e. The van der Waals surface area contributed by atoms with Gasteiger partial charge in [0.2, 0.25) is 0 Å². The average Bonchev–Trinajstić information content (AvgIpc) is 1.64. The van der Waals surface area contributed by atoms with Crippen LogP contribution in [0.25, 0.3) is 0 Å². The normalized spacial score (nSPS) is 8.11. The Morgan fingerprint density at radius 1 is 1.56 bits per heavy atom. The van der Waals surface area contributed by atoms with Gasteiger partial charge in [0, 0.05) is 11.4 Å². The second-order valence-electron chi connectivity index (χ2n) is 1.16. The van der Waals surface area contributed by atoms with E-state index in [1.165, 1.54) is 6.20 Å². The first kappa shape index (κ1) is 10.4. The van der Waals surface area contributed by atoms with Gasteiger partial charge in [0.1, 0.15) is 5.15 Å². The zero-order valence-electron chi connectivity index (χ0n) is 4.84. The van der Waals surface area contributed by atoms with Crippen LogP contribution in [0.5, 0.6) is 0 Å². The molecule has 0 bridgehead atoms. The van der Waals surface area contributed by atoms with Crippen LogP contribution in [-0.4, -0.2) is 9.97 Å². The topological polar surface area (TPSA) is 25.8 Å². The van der Waals surface area contributed by atoms with Crippen molar-refractivity contribution in [2.45, 2.75) is 5.16 Å². The van der Waals surface area contributed by atoms with Crippen molar-refractivity contribution in [3.05, 3.63) is 17.4 Å². The van der Waals surface area contributed by atoms with Crippen molar-refractivity contribution in [1.82, 2.24) is 9.97 Å². The zero-order chi connectivity index (χ0) is 5.98. The van der Waals surface area contributed by atoms with E-state index in [1.54, 1.807) is 6.07 Å². The van der Waals surface area contributed by atoms with Crippen LogP contribution in [0.15, 0.2) is 17.4 Å². The van der Waals surface area contributed by atoms with Crippen molar-refractivity contribution in [2.24, 2.45) is 0 Å². The third kappa shape index (κ3) is 3.96. The van der Waals surface area contributed by atoms with Gasteiger partial charge >= 0.3 is 58.2 Å². The molecule has 1 aromatic rings. The first-order valence-corrected chi connectivity index (χ1v) is 2.73. The van der Waals surface area contributed by atoms with Gasteiger partial charge in [-0.3, -0.25) is 4.98 Å². The molecule has 9 heavy (non-hydrogen) atoms. The molecule has 0 aromatic carbocycles. The fourth-order valence-electron chi connectivity index (χ4n) is 0.320. The predicted octanol–water partition coefficient (Wildman–Crippen LogP) is -1.96. The Hall–Kier alpha value is 1.40. The summed E-state index contributed by atoms with van der Waals surface area (Å²) in [5.41, 5.74) is 0. The van der Waals surface area contributed by atoms with Gasteiger partial charge in [0.15, 0.2) is 0 Å². The number of hydrogen-bond acceptors (Lipinski definition) is 3. The van der Waals surface area contributed by atoms with Gasteiger partial charge in [-0.25, -0.2) is 4.98 Å². The van der Waals surface area contributed by atoms with Crippen LogP contribution in [-0.2, 0) is 12.6 Å². The van der Waals surface area contributed by atoms with Crippen molar-refractivity contribution in [3.63, 3.8) is 0 Å². The molecule has 1 heterocycles. The summed E-state index contributed by atoms with van der Waals surface area (Å²) in [5.74, 6) is 0. The van der Waals surface area contributed by atoms with Gasteiger partial charge in [0.05, 0.1) is 0 Å². The summed E-state index contributed by atoms with van der Waals surface area (Å²) in [4.78, 5) is 7.30. The Labute approximate surface area is 113 Å². The molecular weight excluding hydrogens is 229 g/mol. The average molecular weight is 231 g/mol. The molecule has 0 atom stereocenters. The Morgan fingerprint density at radius 3 is 2.56 bits per heavy atom. The minimum atomic E-state index is 0. The summed E-state index contributed by atoms with van der Waals surface area (Å²) in [7, 11) is 0. The second-order valence-corrected chi connectivity index (χ2v) is 1.91. The molecule has 0 saturated heterocycles. The standard InChI is InChI=1S/C4H3ClN2S.Rb/c5-3-1-2-6-4(8)7-3;/h1-2H,(H,6,7,8);/q;+1/p-1. The predicted molar refractivity (Wildman–Crippen MR) is 32.7 cm³/mol. The summed E-state index contributed by atoms with van der Waals surface area (Å²) >= 11 is 10.0. The van der Waals surface area contributed by atoms with Crippen LogP contribution in [0, 0.1) is 0 Å². The minimum absolute atomic E-state index is 0. The quantitative estimate of drug-likeness (QED) is 0.294. The molecule has 2 nitrogen and oxygen atoms in total. The van der Waals surface area contributed by atoms with Crippen LogP contribution in [0.3, 0.4) is 0 Å². The molecule has 5 heteroatoms. The van der Waals surface area contributed by atoms with E-state index in [0.717, 1.165) is 0 Å². The first-order chi connectivity index (χ1) is 3.79. The molecule has 0 unspecified atom stereocenters. The maximum Gasteiger partial charge on any atom is 1.00 e. The van der Waals surface area contributed by atoms with Crippen molar-refractivity contribution in [1.29, 1.82) is 0 Å². The van der Waals surface area contributed by atoms with Gasteiger partial charge in [-0.05, 0) is 6.07 Å². The number of nitrogens with zero attached hydrogens (tertiary/aromatic N) is 2. The molecule has 0 fully saturated rings. The van der Waals surface area contributed by atoms with Crippen molar-refractivity contribution in [3.8, 4) is 0 Å². The molecular formula is C4H2ClN2RbS. The molecule has 1 rings (SSSR count). The molecule has 0 aliphatic rings. The molecule has 0 radical (unpaired) electrons. The van der Waals surface area contributed by atoms with E-state index in [-0.39, 0.29) is 63.3 Å². The Morgan fingerprint density at radius 2 is 2.22 bits per heavy atom. The summed E-state index contributed by atoms with van der Waals surface area (Å²) in [6, 6.07) is 1.58. The van der Waals surface area contributed by atoms with E-state index < -0.39 is 0 Å². The molecule has 42 valence electrons. The second kappa shape index (κ2) is 5.10. The molecule has 0 N–H and O–H groups in total. The van der Waals surface area contributed by atoms with Crippen LogP contribution in [0.2, 0.25) is 5.15 Å². The van der Waals surface area contributed by atoms with Crippen LogP contribution in [0.1, 0.15) is 0 Å². The SMILES string of the molecule is [Rb+].[S-]c1nccc(Cl)n1. The molecule has 0 aliphatic heterocycles. The third-order valence-corrected chi connectivity index (χ3v) is 1.01. The summed E-state index contributed by atoms with van der Waals surface area (Å²) in [6.45, 7) is 0. The molecule has 0 spiro atoms. The Bertz CT molecular complexity index is 178. The van der Waals surface area contributed by atoms with Crippen molar-refractivity contribution >= 4 is 24.2 Å².